The van der Waals surface area contributed by atoms with Crippen molar-refractivity contribution in [3.05, 3.63) is 56.3 Å². The number of nitro groups is 1. The fraction of sp³-hybridized carbons (Fsp3) is 0.333. The van der Waals surface area contributed by atoms with Gasteiger partial charge >= 0.3 is 0 Å². The monoisotopic (exact) mass is 366 g/mol. The molecule has 110 valence electrons. The molecular formula is C15H15BrN2O2S. The van der Waals surface area contributed by atoms with E-state index in [1.165, 1.54) is 18.4 Å². The molecule has 2 aromatic rings. The average Bonchev–Trinajstić information content (AvgIpc) is 3.21. The topological polar surface area (TPSA) is 46.4 Å². The van der Waals surface area contributed by atoms with Crippen molar-refractivity contribution in [1.82, 2.24) is 0 Å². The van der Waals surface area contributed by atoms with Gasteiger partial charge in [-0.2, -0.15) is 11.3 Å². The molecule has 0 radical (unpaired) electrons. The summed E-state index contributed by atoms with van der Waals surface area (Å²) in [5.41, 5.74) is 3.53. The van der Waals surface area contributed by atoms with Crippen molar-refractivity contribution in [2.75, 3.05) is 4.90 Å². The van der Waals surface area contributed by atoms with Crippen LogP contribution in [-0.2, 0) is 11.9 Å². The van der Waals surface area contributed by atoms with Crippen LogP contribution < -0.4 is 4.90 Å². The van der Waals surface area contributed by atoms with Crippen molar-refractivity contribution in [1.29, 1.82) is 0 Å². The van der Waals surface area contributed by atoms with Crippen molar-refractivity contribution < 1.29 is 4.92 Å². The molecule has 1 fully saturated rings. The lowest BCUT2D eigenvalue weighted by Crippen LogP contribution is -2.25. The molecule has 6 heteroatoms. The molecule has 1 aromatic carbocycles. The second-order valence-electron chi connectivity index (χ2n) is 5.19. The quantitative estimate of drug-likeness (QED) is 0.422. The highest BCUT2D eigenvalue weighted by molar-refractivity contribution is 9.08. The van der Waals surface area contributed by atoms with Gasteiger partial charge < -0.3 is 4.90 Å². The molecule has 0 amide bonds. The second-order valence-corrected chi connectivity index (χ2v) is 6.54. The fourth-order valence-electron chi connectivity index (χ4n) is 2.45. The van der Waals surface area contributed by atoms with E-state index < -0.39 is 0 Å². The van der Waals surface area contributed by atoms with E-state index in [-0.39, 0.29) is 10.6 Å². The first-order valence-electron chi connectivity index (χ1n) is 6.80. The zero-order valence-corrected chi connectivity index (χ0v) is 13.8. The molecule has 0 spiro atoms. The number of nitro benzene ring substituents is 1. The highest BCUT2D eigenvalue weighted by Gasteiger charge is 2.31. The number of hydrogen-bond acceptors (Lipinski definition) is 4. The maximum Gasteiger partial charge on any atom is 0.269 e. The molecule has 3 rings (SSSR count). The van der Waals surface area contributed by atoms with Gasteiger partial charge in [0.2, 0.25) is 0 Å². The van der Waals surface area contributed by atoms with Crippen LogP contribution in [-0.4, -0.2) is 11.0 Å². The number of alkyl halides is 1. The average molecular weight is 367 g/mol. The molecule has 0 unspecified atom stereocenters. The predicted octanol–water partition coefficient (Wildman–Crippen LogP) is 4.72. The normalized spacial score (nSPS) is 14.1. The van der Waals surface area contributed by atoms with E-state index in [2.05, 4.69) is 37.7 Å². The zero-order chi connectivity index (χ0) is 14.8. The highest BCUT2D eigenvalue weighted by atomic mass is 79.9. The van der Waals surface area contributed by atoms with E-state index in [9.17, 15) is 10.1 Å². The van der Waals surface area contributed by atoms with Crippen LogP contribution in [0.15, 0.2) is 35.0 Å². The largest absolute Gasteiger partial charge is 0.364 e. The lowest BCUT2D eigenvalue weighted by Gasteiger charge is -2.26. The lowest BCUT2D eigenvalue weighted by atomic mass is 10.1. The molecule has 4 nitrogen and oxygen atoms in total. The molecule has 21 heavy (non-hydrogen) atoms. The minimum absolute atomic E-state index is 0.152. The summed E-state index contributed by atoms with van der Waals surface area (Å²) in [5, 5.41) is 15.8. The Balaban J connectivity index is 1.93. The van der Waals surface area contributed by atoms with Crippen molar-refractivity contribution in [2.45, 2.75) is 30.8 Å². The maximum absolute atomic E-state index is 10.9. The number of anilines is 1. The van der Waals surface area contributed by atoms with Gasteiger partial charge in [-0.05, 0) is 46.9 Å². The van der Waals surface area contributed by atoms with E-state index in [1.54, 1.807) is 23.5 Å². The summed E-state index contributed by atoms with van der Waals surface area (Å²) in [6.45, 7) is 0.867. The van der Waals surface area contributed by atoms with Crippen LogP contribution in [0.5, 0.6) is 0 Å². The molecule has 0 aliphatic heterocycles. The zero-order valence-electron chi connectivity index (χ0n) is 11.4. The Hall–Kier alpha value is -1.40. The number of benzene rings is 1. The van der Waals surface area contributed by atoms with E-state index in [0.717, 1.165) is 17.8 Å². The van der Waals surface area contributed by atoms with E-state index in [1.807, 2.05) is 6.07 Å². The number of hydrogen-bond donors (Lipinski definition) is 0. The smallest absolute Gasteiger partial charge is 0.269 e. The van der Waals surface area contributed by atoms with Gasteiger partial charge in [-0.3, -0.25) is 10.1 Å². The van der Waals surface area contributed by atoms with Crippen molar-refractivity contribution in [3.63, 3.8) is 0 Å². The summed E-state index contributed by atoms with van der Waals surface area (Å²) in [7, 11) is 0. The summed E-state index contributed by atoms with van der Waals surface area (Å²) in [6, 6.07) is 7.86. The molecule has 1 heterocycles. The van der Waals surface area contributed by atoms with Crippen molar-refractivity contribution >= 4 is 38.6 Å². The molecule has 0 N–H and O–H groups in total. The Labute approximate surface area is 135 Å². The fourth-order valence-corrected chi connectivity index (χ4v) is 3.56. The molecule has 0 bridgehead atoms. The van der Waals surface area contributed by atoms with Crippen LogP contribution in [0.2, 0.25) is 0 Å². The Morgan fingerprint density at radius 2 is 2.19 bits per heavy atom. The number of halogens is 1. The van der Waals surface area contributed by atoms with Crippen LogP contribution in [0.4, 0.5) is 11.4 Å². The van der Waals surface area contributed by atoms with Crippen molar-refractivity contribution in [3.8, 4) is 0 Å². The van der Waals surface area contributed by atoms with Gasteiger partial charge in [-0.1, -0.05) is 15.9 Å². The SMILES string of the molecule is O=[N+]([O-])c1ccc(N(Cc2ccsc2)C2CC2)c(CBr)c1. The third-order valence-electron chi connectivity index (χ3n) is 3.65. The first kappa shape index (κ1) is 14.5. The highest BCUT2D eigenvalue weighted by Crippen LogP contribution is 2.37. The Morgan fingerprint density at radius 3 is 2.76 bits per heavy atom. The summed E-state index contributed by atoms with van der Waals surface area (Å²) in [5.74, 6) is 0. The molecule has 1 saturated carbocycles. The van der Waals surface area contributed by atoms with Gasteiger partial charge in [0.25, 0.3) is 5.69 Å². The lowest BCUT2D eigenvalue weighted by molar-refractivity contribution is -0.384. The van der Waals surface area contributed by atoms with Gasteiger partial charge in [0.05, 0.1) is 4.92 Å². The third kappa shape index (κ3) is 3.27. The van der Waals surface area contributed by atoms with Gasteiger partial charge in [0.1, 0.15) is 0 Å². The summed E-state index contributed by atoms with van der Waals surface area (Å²) in [6.07, 6.45) is 2.39. The third-order valence-corrected chi connectivity index (χ3v) is 4.98. The number of nitrogens with zero attached hydrogens (tertiary/aromatic N) is 2. The van der Waals surface area contributed by atoms with Crippen LogP contribution in [0, 0.1) is 10.1 Å². The first-order valence-corrected chi connectivity index (χ1v) is 8.86. The maximum atomic E-state index is 10.9. The molecular weight excluding hydrogens is 352 g/mol. The minimum Gasteiger partial charge on any atom is -0.364 e. The number of rotatable bonds is 6. The predicted molar refractivity (Wildman–Crippen MR) is 89.3 cm³/mol. The first-order chi connectivity index (χ1) is 10.2. The van der Waals surface area contributed by atoms with E-state index in [0.29, 0.717) is 11.4 Å². The molecule has 1 aliphatic carbocycles. The molecule has 0 saturated heterocycles. The van der Waals surface area contributed by atoms with Gasteiger partial charge in [0.15, 0.2) is 0 Å². The standard InChI is InChI=1S/C15H15BrN2O2S/c16-8-12-7-14(18(19)20)3-4-15(12)17(13-1-2-13)9-11-5-6-21-10-11/h3-7,10,13H,1-2,8-9H2. The molecule has 0 atom stereocenters. The Bertz CT molecular complexity index is 641. The Morgan fingerprint density at radius 1 is 1.38 bits per heavy atom. The minimum atomic E-state index is -0.337. The summed E-state index contributed by atoms with van der Waals surface area (Å²) < 4.78 is 0. The van der Waals surface area contributed by atoms with Gasteiger partial charge in [-0.15, -0.1) is 0 Å². The summed E-state index contributed by atoms with van der Waals surface area (Å²) in [4.78, 5) is 13.0. The van der Waals surface area contributed by atoms with Gasteiger partial charge in [0, 0.05) is 35.7 Å². The second kappa shape index (κ2) is 6.15. The van der Waals surface area contributed by atoms with Crippen molar-refractivity contribution in [2.24, 2.45) is 0 Å². The molecule has 1 aliphatic rings. The van der Waals surface area contributed by atoms with Crippen LogP contribution in [0.1, 0.15) is 24.0 Å². The van der Waals surface area contributed by atoms with Crippen LogP contribution in [0.25, 0.3) is 0 Å². The van der Waals surface area contributed by atoms with E-state index in [4.69, 9.17) is 0 Å². The molecule has 1 aromatic heterocycles. The van der Waals surface area contributed by atoms with Crippen LogP contribution in [0.3, 0.4) is 0 Å². The number of non-ortho nitro benzene ring substituents is 1. The Kier molecular flexibility index (Phi) is 4.26. The van der Waals surface area contributed by atoms with Crippen LogP contribution >= 0.6 is 27.3 Å². The van der Waals surface area contributed by atoms with E-state index >= 15 is 0 Å². The summed E-state index contributed by atoms with van der Waals surface area (Å²) >= 11 is 5.16. The number of thiophene rings is 1. The van der Waals surface area contributed by atoms with Gasteiger partial charge in [-0.25, -0.2) is 0 Å².